The summed E-state index contributed by atoms with van der Waals surface area (Å²) in [6, 6.07) is 0.808. The third-order valence-electron chi connectivity index (χ3n) is 4.48. The van der Waals surface area contributed by atoms with Gasteiger partial charge in [-0.1, -0.05) is 13.8 Å². The zero-order valence-corrected chi connectivity index (χ0v) is 10.3. The van der Waals surface area contributed by atoms with Crippen molar-refractivity contribution in [1.82, 2.24) is 10.6 Å². The van der Waals surface area contributed by atoms with Crippen molar-refractivity contribution in [2.45, 2.75) is 64.0 Å². The van der Waals surface area contributed by atoms with Gasteiger partial charge in [0, 0.05) is 11.6 Å². The lowest BCUT2D eigenvalue weighted by Gasteiger charge is -2.35. The van der Waals surface area contributed by atoms with Gasteiger partial charge in [0.05, 0.1) is 0 Å². The summed E-state index contributed by atoms with van der Waals surface area (Å²) in [6.07, 6.45) is 8.27. The van der Waals surface area contributed by atoms with Crippen LogP contribution in [-0.2, 0) is 0 Å². The molecule has 2 unspecified atom stereocenters. The fourth-order valence-corrected chi connectivity index (χ4v) is 3.26. The highest BCUT2D eigenvalue weighted by Crippen LogP contribution is 2.33. The largest absolute Gasteiger partial charge is 0.314 e. The van der Waals surface area contributed by atoms with Crippen LogP contribution in [0.3, 0.4) is 0 Å². The van der Waals surface area contributed by atoms with E-state index in [0.717, 1.165) is 12.0 Å². The van der Waals surface area contributed by atoms with Crippen molar-refractivity contribution in [3.8, 4) is 0 Å². The van der Waals surface area contributed by atoms with Crippen molar-refractivity contribution in [2.75, 3.05) is 13.1 Å². The van der Waals surface area contributed by atoms with Gasteiger partial charge >= 0.3 is 0 Å². The second-order valence-electron chi connectivity index (χ2n) is 5.67. The van der Waals surface area contributed by atoms with Crippen molar-refractivity contribution < 1.29 is 0 Å². The molecule has 0 amide bonds. The lowest BCUT2D eigenvalue weighted by Crippen LogP contribution is -2.45. The Labute approximate surface area is 94.2 Å². The fraction of sp³-hybridized carbons (Fsp3) is 1.00. The second-order valence-corrected chi connectivity index (χ2v) is 5.67. The minimum atomic E-state index is 0.463. The van der Waals surface area contributed by atoms with Crippen LogP contribution in [0.2, 0.25) is 0 Å². The van der Waals surface area contributed by atoms with Crippen LogP contribution in [0.25, 0.3) is 0 Å². The van der Waals surface area contributed by atoms with Crippen molar-refractivity contribution >= 4 is 0 Å². The van der Waals surface area contributed by atoms with Crippen LogP contribution in [0, 0.1) is 5.92 Å². The lowest BCUT2D eigenvalue weighted by molar-refractivity contribution is 0.238. The molecule has 0 radical (unpaired) electrons. The third-order valence-corrected chi connectivity index (χ3v) is 4.48. The Morgan fingerprint density at radius 1 is 1.27 bits per heavy atom. The highest BCUT2D eigenvalue weighted by molar-refractivity contribution is 4.96. The minimum Gasteiger partial charge on any atom is -0.314 e. The molecule has 2 aliphatic heterocycles. The maximum atomic E-state index is 3.77. The van der Waals surface area contributed by atoms with E-state index in [4.69, 9.17) is 0 Å². The summed E-state index contributed by atoms with van der Waals surface area (Å²) in [6.45, 7) is 7.23. The van der Waals surface area contributed by atoms with Crippen LogP contribution in [0.5, 0.6) is 0 Å². The van der Waals surface area contributed by atoms with Crippen LogP contribution >= 0.6 is 0 Å². The SMILES string of the molecule is CC(C)C1(CCC2CCCN2)CCCN1. The van der Waals surface area contributed by atoms with Gasteiger partial charge in [0.1, 0.15) is 0 Å². The molecule has 0 aromatic rings. The summed E-state index contributed by atoms with van der Waals surface area (Å²) >= 11 is 0. The van der Waals surface area contributed by atoms with Crippen LogP contribution in [-0.4, -0.2) is 24.7 Å². The van der Waals surface area contributed by atoms with Crippen LogP contribution in [0.4, 0.5) is 0 Å². The molecule has 88 valence electrons. The third kappa shape index (κ3) is 2.54. The van der Waals surface area contributed by atoms with Gasteiger partial charge in [-0.3, -0.25) is 0 Å². The molecule has 0 saturated carbocycles. The average Bonchev–Trinajstić information content (AvgIpc) is 2.87. The smallest absolute Gasteiger partial charge is 0.0205 e. The van der Waals surface area contributed by atoms with E-state index in [1.54, 1.807) is 0 Å². The maximum absolute atomic E-state index is 3.77. The Balaban J connectivity index is 1.83. The van der Waals surface area contributed by atoms with Gasteiger partial charge in [-0.2, -0.15) is 0 Å². The molecule has 2 atom stereocenters. The zero-order valence-electron chi connectivity index (χ0n) is 10.3. The first-order valence-electron chi connectivity index (χ1n) is 6.71. The highest BCUT2D eigenvalue weighted by atomic mass is 15.0. The quantitative estimate of drug-likeness (QED) is 0.744. The van der Waals surface area contributed by atoms with Crippen LogP contribution in [0.1, 0.15) is 52.4 Å². The van der Waals surface area contributed by atoms with E-state index in [2.05, 4.69) is 24.5 Å². The van der Waals surface area contributed by atoms with E-state index in [1.165, 1.54) is 51.6 Å². The zero-order chi connectivity index (χ0) is 10.7. The molecule has 15 heavy (non-hydrogen) atoms. The van der Waals surface area contributed by atoms with Gasteiger partial charge in [-0.25, -0.2) is 0 Å². The molecule has 0 bridgehead atoms. The Bertz CT molecular complexity index is 189. The Morgan fingerprint density at radius 3 is 2.67 bits per heavy atom. The molecule has 2 fully saturated rings. The molecule has 2 saturated heterocycles. The van der Waals surface area contributed by atoms with Crippen molar-refractivity contribution in [2.24, 2.45) is 5.92 Å². The summed E-state index contributed by atoms with van der Waals surface area (Å²) in [5, 5.41) is 7.37. The first-order chi connectivity index (χ1) is 7.23. The molecule has 0 aromatic carbocycles. The summed E-state index contributed by atoms with van der Waals surface area (Å²) in [4.78, 5) is 0. The van der Waals surface area contributed by atoms with Crippen molar-refractivity contribution in [3.63, 3.8) is 0 Å². The molecule has 0 spiro atoms. The molecule has 2 aliphatic rings. The Morgan fingerprint density at radius 2 is 2.13 bits per heavy atom. The number of hydrogen-bond donors (Lipinski definition) is 2. The summed E-state index contributed by atoms with van der Waals surface area (Å²) < 4.78 is 0. The van der Waals surface area contributed by atoms with Gasteiger partial charge in [0.25, 0.3) is 0 Å². The molecule has 0 aliphatic carbocycles. The van der Waals surface area contributed by atoms with E-state index in [-0.39, 0.29) is 0 Å². The molecule has 2 N–H and O–H groups in total. The second kappa shape index (κ2) is 4.84. The summed E-state index contributed by atoms with van der Waals surface area (Å²) in [5.41, 5.74) is 0.463. The van der Waals surface area contributed by atoms with E-state index >= 15 is 0 Å². The maximum Gasteiger partial charge on any atom is 0.0205 e. The molecule has 2 rings (SSSR count). The lowest BCUT2D eigenvalue weighted by atomic mass is 9.80. The molecule has 0 aromatic heterocycles. The van der Waals surface area contributed by atoms with Crippen molar-refractivity contribution in [1.29, 1.82) is 0 Å². The fourth-order valence-electron chi connectivity index (χ4n) is 3.26. The van der Waals surface area contributed by atoms with Crippen molar-refractivity contribution in [3.05, 3.63) is 0 Å². The van der Waals surface area contributed by atoms with Crippen LogP contribution < -0.4 is 10.6 Å². The summed E-state index contributed by atoms with van der Waals surface area (Å²) in [7, 11) is 0. The topological polar surface area (TPSA) is 24.1 Å². The monoisotopic (exact) mass is 210 g/mol. The average molecular weight is 210 g/mol. The Hall–Kier alpha value is -0.0800. The van der Waals surface area contributed by atoms with Gasteiger partial charge in [0.15, 0.2) is 0 Å². The first kappa shape index (κ1) is 11.4. The summed E-state index contributed by atoms with van der Waals surface area (Å²) in [5.74, 6) is 0.779. The van der Waals surface area contributed by atoms with Gasteiger partial charge in [-0.15, -0.1) is 0 Å². The first-order valence-corrected chi connectivity index (χ1v) is 6.71. The number of rotatable bonds is 4. The van der Waals surface area contributed by atoms with Crippen LogP contribution in [0.15, 0.2) is 0 Å². The highest BCUT2D eigenvalue weighted by Gasteiger charge is 2.36. The predicted molar refractivity (Wildman–Crippen MR) is 65.1 cm³/mol. The number of nitrogens with one attached hydrogen (secondary N) is 2. The standard InChI is InChI=1S/C13H26N2/c1-11(2)13(7-4-10-15-13)8-6-12-5-3-9-14-12/h11-12,14-15H,3-10H2,1-2H3. The van der Waals surface area contributed by atoms with E-state index in [1.807, 2.05) is 0 Å². The van der Waals surface area contributed by atoms with E-state index in [0.29, 0.717) is 5.54 Å². The molecule has 2 heterocycles. The van der Waals surface area contributed by atoms with E-state index in [9.17, 15) is 0 Å². The molecule has 2 nitrogen and oxygen atoms in total. The van der Waals surface area contributed by atoms with Gasteiger partial charge in [-0.05, 0) is 57.5 Å². The molecule has 2 heteroatoms. The van der Waals surface area contributed by atoms with Gasteiger partial charge in [0.2, 0.25) is 0 Å². The normalized spacial score (nSPS) is 36.6. The number of hydrogen-bond acceptors (Lipinski definition) is 2. The molecular formula is C13H26N2. The van der Waals surface area contributed by atoms with E-state index < -0.39 is 0 Å². The minimum absolute atomic E-state index is 0.463. The predicted octanol–water partition coefficient (Wildman–Crippen LogP) is 2.30. The van der Waals surface area contributed by atoms with Gasteiger partial charge < -0.3 is 10.6 Å². The molecular weight excluding hydrogens is 184 g/mol. The Kier molecular flexibility index (Phi) is 3.68.